The summed E-state index contributed by atoms with van der Waals surface area (Å²) in [5, 5.41) is 23.9. The largest absolute Gasteiger partial charge is 0.384 e. The first kappa shape index (κ1) is 23.9. The average molecular weight is 462 g/mol. The summed E-state index contributed by atoms with van der Waals surface area (Å²) in [4.78, 5) is 17.6. The Labute approximate surface area is 205 Å². The highest BCUT2D eigenvalue weighted by Gasteiger charge is 2.19. The van der Waals surface area contributed by atoms with Gasteiger partial charge in [0, 0.05) is 17.5 Å². The SMILES string of the molecule is Cc1ccc(-c2cc(C(=O)N[C@H](C)c3ccc(C)nc3)cc(C(O)c3ccccc3)c2)c(C#N)c1. The fourth-order valence-corrected chi connectivity index (χ4v) is 4.02. The maximum Gasteiger partial charge on any atom is 0.251 e. The number of benzene rings is 3. The molecule has 0 aliphatic heterocycles. The molecule has 0 fully saturated rings. The van der Waals surface area contributed by atoms with E-state index in [0.717, 1.165) is 22.4 Å². The molecule has 3 aromatic carbocycles. The number of nitriles is 1. The molecule has 0 aliphatic rings. The second-order valence-electron chi connectivity index (χ2n) is 8.75. The number of aliphatic hydroxyl groups excluding tert-OH is 1. The van der Waals surface area contributed by atoms with Gasteiger partial charge in [0.25, 0.3) is 5.91 Å². The number of aliphatic hydroxyl groups is 1. The van der Waals surface area contributed by atoms with Crippen molar-refractivity contribution in [2.75, 3.05) is 0 Å². The van der Waals surface area contributed by atoms with Gasteiger partial charge in [-0.1, -0.05) is 48.5 Å². The van der Waals surface area contributed by atoms with Crippen LogP contribution >= 0.6 is 0 Å². The van der Waals surface area contributed by atoms with E-state index in [1.807, 2.05) is 87.5 Å². The molecule has 4 rings (SSSR count). The van der Waals surface area contributed by atoms with Gasteiger partial charge >= 0.3 is 0 Å². The normalized spacial score (nSPS) is 12.4. The average Bonchev–Trinajstić information content (AvgIpc) is 2.88. The van der Waals surface area contributed by atoms with Crippen LogP contribution in [0.2, 0.25) is 0 Å². The second-order valence-corrected chi connectivity index (χ2v) is 8.75. The van der Waals surface area contributed by atoms with Gasteiger partial charge in [-0.15, -0.1) is 0 Å². The first-order valence-corrected chi connectivity index (χ1v) is 11.5. The number of pyridine rings is 1. The van der Waals surface area contributed by atoms with Gasteiger partial charge < -0.3 is 10.4 Å². The number of amides is 1. The summed E-state index contributed by atoms with van der Waals surface area (Å²) in [6.45, 7) is 5.75. The van der Waals surface area contributed by atoms with Crippen LogP contribution in [0.1, 0.15) is 62.9 Å². The third-order valence-electron chi connectivity index (χ3n) is 6.04. The van der Waals surface area contributed by atoms with Crippen molar-refractivity contribution >= 4 is 5.91 Å². The summed E-state index contributed by atoms with van der Waals surface area (Å²) in [5.74, 6) is -0.271. The number of hydrogen-bond donors (Lipinski definition) is 2. The number of rotatable bonds is 6. The van der Waals surface area contributed by atoms with Crippen molar-refractivity contribution in [1.82, 2.24) is 10.3 Å². The Kier molecular flexibility index (Phi) is 7.05. The number of nitrogens with one attached hydrogen (secondary N) is 1. The van der Waals surface area contributed by atoms with Crippen molar-refractivity contribution in [2.24, 2.45) is 0 Å². The van der Waals surface area contributed by atoms with Gasteiger partial charge in [-0.2, -0.15) is 5.26 Å². The van der Waals surface area contributed by atoms with E-state index in [9.17, 15) is 15.2 Å². The van der Waals surface area contributed by atoms with Gasteiger partial charge in [0.05, 0.1) is 17.7 Å². The lowest BCUT2D eigenvalue weighted by Gasteiger charge is -2.18. The number of aromatic nitrogens is 1. The highest BCUT2D eigenvalue weighted by molar-refractivity contribution is 5.96. The molecule has 0 radical (unpaired) electrons. The van der Waals surface area contributed by atoms with E-state index in [4.69, 9.17) is 0 Å². The van der Waals surface area contributed by atoms with Crippen molar-refractivity contribution in [1.29, 1.82) is 5.26 Å². The molecular weight excluding hydrogens is 434 g/mol. The summed E-state index contributed by atoms with van der Waals surface area (Å²) >= 11 is 0. The van der Waals surface area contributed by atoms with Gasteiger partial charge in [-0.05, 0) is 84.5 Å². The van der Waals surface area contributed by atoms with Gasteiger partial charge in [0.1, 0.15) is 6.10 Å². The van der Waals surface area contributed by atoms with E-state index in [2.05, 4.69) is 16.4 Å². The summed E-state index contributed by atoms with van der Waals surface area (Å²) < 4.78 is 0. The Morgan fingerprint density at radius 1 is 0.943 bits per heavy atom. The summed E-state index contributed by atoms with van der Waals surface area (Å²) in [6.07, 6.45) is 0.838. The van der Waals surface area contributed by atoms with Crippen LogP contribution in [0.3, 0.4) is 0 Å². The van der Waals surface area contributed by atoms with E-state index in [-0.39, 0.29) is 11.9 Å². The molecule has 0 aliphatic carbocycles. The zero-order chi connectivity index (χ0) is 24.9. The van der Waals surface area contributed by atoms with E-state index in [1.54, 1.807) is 18.3 Å². The molecular formula is C30H27N3O2. The van der Waals surface area contributed by atoms with Crippen LogP contribution in [0.4, 0.5) is 0 Å². The Morgan fingerprint density at radius 2 is 1.71 bits per heavy atom. The first-order chi connectivity index (χ1) is 16.9. The van der Waals surface area contributed by atoms with Crippen LogP contribution in [0.15, 0.2) is 85.1 Å². The molecule has 2 atom stereocenters. The van der Waals surface area contributed by atoms with Crippen molar-refractivity contribution in [3.05, 3.63) is 124 Å². The predicted molar refractivity (Wildman–Crippen MR) is 137 cm³/mol. The molecule has 0 saturated carbocycles. The predicted octanol–water partition coefficient (Wildman–Crippen LogP) is 5.81. The molecule has 5 nitrogen and oxygen atoms in total. The maximum atomic E-state index is 13.3. The van der Waals surface area contributed by atoms with Crippen LogP contribution in [-0.2, 0) is 0 Å². The maximum absolute atomic E-state index is 13.3. The Bertz CT molecular complexity index is 1390. The summed E-state index contributed by atoms with van der Waals surface area (Å²) in [7, 11) is 0. The van der Waals surface area contributed by atoms with E-state index >= 15 is 0 Å². The standard InChI is InChI=1S/C30H27N3O2/c1-19-9-12-28(27(13-19)17-31)24-14-25(29(34)22-7-5-4-6-8-22)16-26(15-24)30(35)33-21(3)23-11-10-20(2)32-18-23/h4-16,18,21,29,34H,1-3H3,(H,33,35)/t21-,29?/m1/s1. The van der Waals surface area contributed by atoms with Crippen LogP contribution in [0.5, 0.6) is 0 Å². The van der Waals surface area contributed by atoms with Crippen molar-refractivity contribution in [2.45, 2.75) is 32.9 Å². The molecule has 4 aromatic rings. The number of carbonyl (C=O) groups is 1. The molecule has 174 valence electrons. The Hall–Kier alpha value is -4.27. The summed E-state index contributed by atoms with van der Waals surface area (Å²) in [6, 6.07) is 26.1. The van der Waals surface area contributed by atoms with Gasteiger partial charge in [0.2, 0.25) is 0 Å². The van der Waals surface area contributed by atoms with E-state index in [1.165, 1.54) is 0 Å². The fourth-order valence-electron chi connectivity index (χ4n) is 4.02. The molecule has 2 N–H and O–H groups in total. The molecule has 1 aromatic heterocycles. The zero-order valence-electron chi connectivity index (χ0n) is 20.0. The van der Waals surface area contributed by atoms with Crippen LogP contribution in [0.25, 0.3) is 11.1 Å². The van der Waals surface area contributed by atoms with Gasteiger partial charge in [-0.3, -0.25) is 9.78 Å². The lowest BCUT2D eigenvalue weighted by Crippen LogP contribution is -2.27. The lowest BCUT2D eigenvalue weighted by atomic mass is 9.92. The highest BCUT2D eigenvalue weighted by atomic mass is 16.3. The van der Waals surface area contributed by atoms with E-state index in [0.29, 0.717) is 27.8 Å². The van der Waals surface area contributed by atoms with Crippen molar-refractivity contribution in [3.8, 4) is 17.2 Å². The van der Waals surface area contributed by atoms with Crippen LogP contribution < -0.4 is 5.32 Å². The molecule has 5 heteroatoms. The number of aryl methyl sites for hydroxylation is 2. The summed E-state index contributed by atoms with van der Waals surface area (Å²) in [5.41, 5.74) is 6.41. The molecule has 1 amide bonds. The highest BCUT2D eigenvalue weighted by Crippen LogP contribution is 2.31. The number of hydrogen-bond acceptors (Lipinski definition) is 4. The minimum atomic E-state index is -0.919. The Balaban J connectivity index is 1.76. The number of carbonyl (C=O) groups excluding carboxylic acids is 1. The second kappa shape index (κ2) is 10.3. The number of nitrogens with zero attached hydrogens (tertiary/aromatic N) is 2. The molecule has 0 bridgehead atoms. The molecule has 1 heterocycles. The van der Waals surface area contributed by atoms with Crippen molar-refractivity contribution in [3.63, 3.8) is 0 Å². The zero-order valence-corrected chi connectivity index (χ0v) is 20.0. The van der Waals surface area contributed by atoms with Crippen LogP contribution in [0, 0.1) is 25.2 Å². The monoisotopic (exact) mass is 461 g/mol. The fraction of sp³-hybridized carbons (Fsp3) is 0.167. The first-order valence-electron chi connectivity index (χ1n) is 11.5. The van der Waals surface area contributed by atoms with Gasteiger partial charge in [0.15, 0.2) is 0 Å². The third-order valence-corrected chi connectivity index (χ3v) is 6.04. The minimum Gasteiger partial charge on any atom is -0.384 e. The molecule has 0 spiro atoms. The Morgan fingerprint density at radius 3 is 2.40 bits per heavy atom. The minimum absolute atomic E-state index is 0.254. The smallest absolute Gasteiger partial charge is 0.251 e. The lowest BCUT2D eigenvalue weighted by molar-refractivity contribution is 0.0939. The molecule has 0 saturated heterocycles. The molecule has 1 unspecified atom stereocenters. The molecule has 35 heavy (non-hydrogen) atoms. The third kappa shape index (κ3) is 5.46. The van der Waals surface area contributed by atoms with E-state index < -0.39 is 6.10 Å². The topological polar surface area (TPSA) is 86.0 Å². The van der Waals surface area contributed by atoms with Crippen molar-refractivity contribution < 1.29 is 9.90 Å². The van der Waals surface area contributed by atoms with Gasteiger partial charge in [-0.25, -0.2) is 0 Å². The van der Waals surface area contributed by atoms with Crippen LogP contribution in [-0.4, -0.2) is 16.0 Å². The quantitative estimate of drug-likeness (QED) is 0.379.